The molecule has 184 valence electrons. The maximum Gasteiger partial charge on any atom is 0.296 e. The minimum absolute atomic E-state index is 0.0511. The van der Waals surface area contributed by atoms with E-state index in [0.717, 1.165) is 4.70 Å². The Labute approximate surface area is 214 Å². The Hall–Kier alpha value is -3.89. The third-order valence-electron chi connectivity index (χ3n) is 5.66. The number of aliphatic hydroxyl groups is 1. The summed E-state index contributed by atoms with van der Waals surface area (Å²) in [7, 11) is 0. The summed E-state index contributed by atoms with van der Waals surface area (Å²) >= 11 is 2.48. The van der Waals surface area contributed by atoms with Gasteiger partial charge in [-0.15, -0.1) is 11.3 Å². The highest BCUT2D eigenvalue weighted by molar-refractivity contribution is 7.22. The number of rotatable bonds is 8. The van der Waals surface area contributed by atoms with Gasteiger partial charge < -0.3 is 19.7 Å². The molecule has 4 aromatic rings. The molecule has 0 fully saturated rings. The average Bonchev–Trinajstić information content (AvgIpc) is 3.59. The number of amides is 1. The van der Waals surface area contributed by atoms with E-state index in [1.165, 1.54) is 33.6 Å². The van der Waals surface area contributed by atoms with Gasteiger partial charge in [0.15, 0.2) is 22.4 Å². The fraction of sp³-hybridized carbons (Fsp3) is 0.192. The Morgan fingerprint density at radius 3 is 2.61 bits per heavy atom. The number of phenolic OH excluding ortho intramolecular Hbond substituents is 1. The van der Waals surface area contributed by atoms with E-state index in [1.807, 2.05) is 13.0 Å². The van der Waals surface area contributed by atoms with Crippen molar-refractivity contribution in [1.29, 1.82) is 0 Å². The second-order valence-corrected chi connectivity index (χ2v) is 9.82. The number of hydrogen-bond acceptors (Lipinski definition) is 9. The van der Waals surface area contributed by atoms with Crippen LogP contribution >= 0.6 is 22.7 Å². The lowest BCUT2D eigenvalue weighted by Gasteiger charge is -2.25. The number of benzene rings is 2. The summed E-state index contributed by atoms with van der Waals surface area (Å²) in [5.74, 6) is -0.983. The molecule has 0 aliphatic carbocycles. The molecule has 5 rings (SSSR count). The number of hydrogen-bond donors (Lipinski definition) is 2. The third kappa shape index (κ3) is 4.08. The minimum atomic E-state index is -0.973. The number of ether oxygens (including phenoxy) is 2. The smallest absolute Gasteiger partial charge is 0.296 e. The van der Waals surface area contributed by atoms with Crippen LogP contribution in [0.25, 0.3) is 10.2 Å². The molecule has 0 saturated heterocycles. The Balaban J connectivity index is 1.66. The number of aromatic nitrogens is 1. The zero-order valence-electron chi connectivity index (χ0n) is 19.4. The molecule has 0 bridgehead atoms. The van der Waals surface area contributed by atoms with Gasteiger partial charge in [0.2, 0.25) is 5.78 Å². The lowest BCUT2D eigenvalue weighted by atomic mass is 9.95. The summed E-state index contributed by atoms with van der Waals surface area (Å²) in [5.41, 5.74) is 1.09. The van der Waals surface area contributed by atoms with Crippen molar-refractivity contribution in [2.24, 2.45) is 0 Å². The van der Waals surface area contributed by atoms with Crippen molar-refractivity contribution < 1.29 is 29.3 Å². The van der Waals surface area contributed by atoms with Crippen LogP contribution in [0.1, 0.15) is 35.1 Å². The number of thiazole rings is 1. The van der Waals surface area contributed by atoms with E-state index in [0.29, 0.717) is 40.1 Å². The number of aliphatic hydroxyl groups excluding tert-OH is 1. The molecule has 0 radical (unpaired) electrons. The SMILES string of the molecule is CCOc1ccc2nc(N3C(=O)C(O)=C(C(=O)c4cccs4)C3c3ccc(O)c(OCC)c3)sc2c1. The molecule has 1 aliphatic rings. The summed E-state index contributed by atoms with van der Waals surface area (Å²) in [6.07, 6.45) is 0. The maximum atomic E-state index is 13.5. The van der Waals surface area contributed by atoms with Gasteiger partial charge in [-0.05, 0) is 61.2 Å². The Bertz CT molecular complexity index is 1490. The maximum absolute atomic E-state index is 13.5. The Morgan fingerprint density at radius 2 is 1.89 bits per heavy atom. The fourth-order valence-electron chi connectivity index (χ4n) is 4.11. The van der Waals surface area contributed by atoms with Crippen molar-refractivity contribution in [3.05, 3.63) is 75.7 Å². The summed E-state index contributed by atoms with van der Waals surface area (Å²) in [6.45, 7) is 4.50. The number of aromatic hydroxyl groups is 1. The van der Waals surface area contributed by atoms with Crippen LogP contribution in [0.3, 0.4) is 0 Å². The molecule has 2 aromatic heterocycles. The van der Waals surface area contributed by atoms with E-state index >= 15 is 0 Å². The second-order valence-electron chi connectivity index (χ2n) is 7.87. The zero-order chi connectivity index (χ0) is 25.4. The first-order chi connectivity index (χ1) is 17.4. The van der Waals surface area contributed by atoms with Crippen molar-refractivity contribution >= 4 is 49.7 Å². The molecule has 36 heavy (non-hydrogen) atoms. The predicted octanol–water partition coefficient (Wildman–Crippen LogP) is 5.64. The number of anilines is 1. The van der Waals surface area contributed by atoms with Gasteiger partial charge in [-0.2, -0.15) is 0 Å². The summed E-state index contributed by atoms with van der Waals surface area (Å²) in [4.78, 5) is 33.3. The molecule has 3 heterocycles. The quantitative estimate of drug-likeness (QED) is 0.288. The van der Waals surface area contributed by atoms with E-state index in [-0.39, 0.29) is 17.1 Å². The second kappa shape index (κ2) is 9.63. The normalized spacial score (nSPS) is 15.7. The number of ketones is 1. The van der Waals surface area contributed by atoms with Crippen LogP contribution in [0.4, 0.5) is 5.13 Å². The molecule has 0 saturated carbocycles. The molecule has 1 amide bonds. The van der Waals surface area contributed by atoms with Crippen molar-refractivity contribution in [3.63, 3.8) is 0 Å². The summed E-state index contributed by atoms with van der Waals surface area (Å²) < 4.78 is 11.9. The van der Waals surface area contributed by atoms with E-state index in [1.54, 1.807) is 48.7 Å². The molecule has 1 atom stereocenters. The number of nitrogens with zero attached hydrogens (tertiary/aromatic N) is 2. The lowest BCUT2D eigenvalue weighted by Crippen LogP contribution is -2.30. The van der Waals surface area contributed by atoms with Crippen molar-refractivity contribution in [2.75, 3.05) is 18.1 Å². The number of phenols is 1. The van der Waals surface area contributed by atoms with Crippen molar-refractivity contribution in [3.8, 4) is 17.2 Å². The number of fused-ring (bicyclic) bond motifs is 1. The van der Waals surface area contributed by atoms with Gasteiger partial charge in [0.05, 0.1) is 39.9 Å². The van der Waals surface area contributed by atoms with Gasteiger partial charge >= 0.3 is 0 Å². The van der Waals surface area contributed by atoms with E-state index < -0.39 is 23.5 Å². The lowest BCUT2D eigenvalue weighted by molar-refractivity contribution is -0.117. The minimum Gasteiger partial charge on any atom is -0.504 e. The highest BCUT2D eigenvalue weighted by atomic mass is 32.1. The first-order valence-corrected chi connectivity index (χ1v) is 13.0. The molecule has 8 nitrogen and oxygen atoms in total. The van der Waals surface area contributed by atoms with Crippen LogP contribution in [0.15, 0.2) is 65.2 Å². The highest BCUT2D eigenvalue weighted by Gasteiger charge is 2.46. The van der Waals surface area contributed by atoms with Crippen LogP contribution in [0.5, 0.6) is 17.2 Å². The van der Waals surface area contributed by atoms with Gasteiger partial charge in [-0.3, -0.25) is 14.5 Å². The standard InChI is InChI=1S/C26H22N2O6S2/c1-3-33-15-8-9-16-20(13-15)36-26(27-16)28-22(14-7-10-17(29)18(12-14)34-4-2)21(24(31)25(28)32)23(30)19-6-5-11-35-19/h5-13,22,29,31H,3-4H2,1-2H3. The van der Waals surface area contributed by atoms with Gasteiger partial charge in [-0.1, -0.05) is 23.5 Å². The van der Waals surface area contributed by atoms with Crippen LogP contribution in [-0.2, 0) is 4.79 Å². The third-order valence-corrected chi connectivity index (χ3v) is 7.55. The van der Waals surface area contributed by atoms with Gasteiger partial charge in [0.1, 0.15) is 5.75 Å². The average molecular weight is 523 g/mol. The van der Waals surface area contributed by atoms with E-state index in [9.17, 15) is 19.8 Å². The zero-order valence-corrected chi connectivity index (χ0v) is 21.1. The molecule has 2 N–H and O–H groups in total. The number of Topliss-reactive ketones (excluding diaryl/α,β-unsaturated/α-hetero) is 1. The fourth-order valence-corrected chi connectivity index (χ4v) is 5.81. The van der Waals surface area contributed by atoms with Crippen molar-refractivity contribution in [2.45, 2.75) is 19.9 Å². The van der Waals surface area contributed by atoms with Gasteiger partial charge in [0, 0.05) is 0 Å². The van der Waals surface area contributed by atoms with Crippen LogP contribution < -0.4 is 14.4 Å². The van der Waals surface area contributed by atoms with Gasteiger partial charge in [0.25, 0.3) is 5.91 Å². The number of carbonyl (C=O) groups excluding carboxylic acids is 2. The van der Waals surface area contributed by atoms with E-state index in [4.69, 9.17) is 9.47 Å². The largest absolute Gasteiger partial charge is 0.504 e. The molecule has 1 aliphatic heterocycles. The molecular formula is C26H22N2O6S2. The van der Waals surface area contributed by atoms with Gasteiger partial charge in [-0.25, -0.2) is 4.98 Å². The first kappa shape index (κ1) is 23.8. The Kier molecular flexibility index (Phi) is 6.38. The summed E-state index contributed by atoms with van der Waals surface area (Å²) in [6, 6.07) is 12.5. The van der Waals surface area contributed by atoms with Crippen LogP contribution in [0, 0.1) is 0 Å². The number of carbonyl (C=O) groups is 2. The Morgan fingerprint density at radius 1 is 1.08 bits per heavy atom. The monoisotopic (exact) mass is 522 g/mol. The van der Waals surface area contributed by atoms with Crippen LogP contribution in [0.2, 0.25) is 0 Å². The highest BCUT2D eigenvalue weighted by Crippen LogP contribution is 2.46. The predicted molar refractivity (Wildman–Crippen MR) is 139 cm³/mol. The summed E-state index contributed by atoms with van der Waals surface area (Å²) in [5, 5.41) is 23.3. The molecule has 0 spiro atoms. The molecular weight excluding hydrogens is 500 g/mol. The topological polar surface area (TPSA) is 109 Å². The van der Waals surface area contributed by atoms with Crippen molar-refractivity contribution in [1.82, 2.24) is 4.98 Å². The molecule has 10 heteroatoms. The van der Waals surface area contributed by atoms with Crippen LogP contribution in [-0.4, -0.2) is 40.1 Å². The molecule has 2 aromatic carbocycles. The number of thiophene rings is 1. The molecule has 1 unspecified atom stereocenters. The van der Waals surface area contributed by atoms with E-state index in [2.05, 4.69) is 4.98 Å². The first-order valence-electron chi connectivity index (χ1n) is 11.3.